The van der Waals surface area contributed by atoms with E-state index < -0.39 is 0 Å². The second kappa shape index (κ2) is 9.18. The first kappa shape index (κ1) is 19.6. The normalized spacial score (nSPS) is 13.4. The van der Waals surface area contributed by atoms with Crippen molar-refractivity contribution in [3.63, 3.8) is 0 Å². The Hall–Kier alpha value is -2.14. The maximum Gasteiger partial charge on any atom is 0.242 e. The molecule has 27 heavy (non-hydrogen) atoms. The van der Waals surface area contributed by atoms with Crippen molar-refractivity contribution in [3.05, 3.63) is 57.8 Å². The predicted octanol–water partition coefficient (Wildman–Crippen LogP) is 4.23. The van der Waals surface area contributed by atoms with Crippen LogP contribution in [-0.2, 0) is 22.7 Å². The lowest BCUT2D eigenvalue weighted by atomic mass is 10.2. The zero-order chi connectivity index (χ0) is 19.2. The van der Waals surface area contributed by atoms with Gasteiger partial charge in [-0.1, -0.05) is 37.3 Å². The summed E-state index contributed by atoms with van der Waals surface area (Å²) in [7, 11) is 0. The highest BCUT2D eigenvalue weighted by Gasteiger charge is 2.34. The molecule has 144 valence electrons. The molecule has 1 aromatic heterocycles. The van der Waals surface area contributed by atoms with E-state index in [9.17, 15) is 9.59 Å². The van der Waals surface area contributed by atoms with Crippen molar-refractivity contribution in [3.8, 4) is 0 Å². The molecule has 5 heteroatoms. The summed E-state index contributed by atoms with van der Waals surface area (Å²) < 4.78 is 0. The summed E-state index contributed by atoms with van der Waals surface area (Å²) in [5.41, 5.74) is 1.11. The molecule has 2 amide bonds. The van der Waals surface area contributed by atoms with E-state index in [0.717, 1.165) is 24.8 Å². The van der Waals surface area contributed by atoms with Gasteiger partial charge in [-0.25, -0.2) is 0 Å². The van der Waals surface area contributed by atoms with Gasteiger partial charge in [0.1, 0.15) is 0 Å². The Labute approximate surface area is 165 Å². The van der Waals surface area contributed by atoms with Crippen molar-refractivity contribution in [1.29, 1.82) is 0 Å². The van der Waals surface area contributed by atoms with E-state index in [-0.39, 0.29) is 24.3 Å². The van der Waals surface area contributed by atoms with Gasteiger partial charge in [0.25, 0.3) is 0 Å². The number of hydrogen-bond donors (Lipinski definition) is 0. The summed E-state index contributed by atoms with van der Waals surface area (Å²) in [6.45, 7) is 6.11. The molecule has 3 rings (SSSR count). The summed E-state index contributed by atoms with van der Waals surface area (Å²) in [5, 5.41) is 0. The van der Waals surface area contributed by atoms with Crippen molar-refractivity contribution in [2.24, 2.45) is 5.92 Å². The first-order valence-electron chi connectivity index (χ1n) is 9.72. The average Bonchev–Trinajstić information content (AvgIpc) is 3.43. The van der Waals surface area contributed by atoms with E-state index in [0.29, 0.717) is 19.6 Å². The standard InChI is InChI=1S/C22H28N2O2S/c1-3-13-23(22(26)19-10-11-19)16-21(25)24(14-18-7-5-4-6-8-18)15-20-12-9-17(2)27-20/h4-9,12,19H,3,10-11,13-16H2,1-2H3. The Balaban J connectivity index is 1.72. The topological polar surface area (TPSA) is 40.6 Å². The van der Waals surface area contributed by atoms with Gasteiger partial charge in [-0.2, -0.15) is 0 Å². The van der Waals surface area contributed by atoms with Gasteiger partial charge in [0.15, 0.2) is 0 Å². The molecule has 0 N–H and O–H groups in total. The van der Waals surface area contributed by atoms with Gasteiger partial charge >= 0.3 is 0 Å². The highest BCUT2D eigenvalue weighted by atomic mass is 32.1. The molecule has 0 atom stereocenters. The molecule has 1 aliphatic carbocycles. The first-order valence-corrected chi connectivity index (χ1v) is 10.5. The molecule has 0 spiro atoms. The Morgan fingerprint density at radius 1 is 1.04 bits per heavy atom. The summed E-state index contributed by atoms with van der Waals surface area (Å²) in [4.78, 5) is 31.7. The van der Waals surface area contributed by atoms with E-state index in [1.165, 1.54) is 9.75 Å². The summed E-state index contributed by atoms with van der Waals surface area (Å²) in [6, 6.07) is 14.2. The zero-order valence-electron chi connectivity index (χ0n) is 16.2. The molecule has 1 heterocycles. The van der Waals surface area contributed by atoms with E-state index in [2.05, 4.69) is 19.1 Å². The third-order valence-electron chi connectivity index (χ3n) is 4.77. The first-order chi connectivity index (χ1) is 13.1. The zero-order valence-corrected chi connectivity index (χ0v) is 17.0. The van der Waals surface area contributed by atoms with Crippen LogP contribution in [0.15, 0.2) is 42.5 Å². The fraction of sp³-hybridized carbons (Fsp3) is 0.455. The van der Waals surface area contributed by atoms with Crippen molar-refractivity contribution in [2.45, 2.75) is 46.2 Å². The van der Waals surface area contributed by atoms with Crippen molar-refractivity contribution in [1.82, 2.24) is 9.80 Å². The number of hydrogen-bond acceptors (Lipinski definition) is 3. The van der Waals surface area contributed by atoms with Gasteiger partial charge in [-0.15, -0.1) is 11.3 Å². The molecule has 0 radical (unpaired) electrons. The molecule has 1 aliphatic rings. The van der Waals surface area contributed by atoms with E-state index in [4.69, 9.17) is 0 Å². The van der Waals surface area contributed by atoms with Crippen LogP contribution in [0.5, 0.6) is 0 Å². The molecule has 1 saturated carbocycles. The van der Waals surface area contributed by atoms with Crippen LogP contribution in [-0.4, -0.2) is 34.7 Å². The van der Waals surface area contributed by atoms with E-state index in [1.54, 1.807) is 16.2 Å². The highest BCUT2D eigenvalue weighted by Crippen LogP contribution is 2.31. The number of carbonyl (C=O) groups excluding carboxylic acids is 2. The largest absolute Gasteiger partial charge is 0.333 e. The quantitative estimate of drug-likeness (QED) is 0.649. The maximum atomic E-state index is 13.1. The van der Waals surface area contributed by atoms with Crippen LogP contribution >= 0.6 is 11.3 Å². The predicted molar refractivity (Wildman–Crippen MR) is 109 cm³/mol. The molecule has 0 bridgehead atoms. The number of amides is 2. The van der Waals surface area contributed by atoms with Crippen LogP contribution in [0.1, 0.15) is 41.5 Å². The Kier molecular flexibility index (Phi) is 6.67. The van der Waals surface area contributed by atoms with E-state index >= 15 is 0 Å². The van der Waals surface area contributed by atoms with Gasteiger partial charge in [0.05, 0.1) is 13.1 Å². The van der Waals surface area contributed by atoms with E-state index in [1.807, 2.05) is 42.2 Å². The monoisotopic (exact) mass is 384 g/mol. The number of benzene rings is 1. The Morgan fingerprint density at radius 3 is 2.37 bits per heavy atom. The van der Waals surface area contributed by atoms with Crippen molar-refractivity contribution in [2.75, 3.05) is 13.1 Å². The van der Waals surface area contributed by atoms with Crippen LogP contribution in [0.2, 0.25) is 0 Å². The van der Waals surface area contributed by atoms with Crippen LogP contribution in [0, 0.1) is 12.8 Å². The van der Waals surface area contributed by atoms with Crippen LogP contribution < -0.4 is 0 Å². The number of rotatable bonds is 9. The van der Waals surface area contributed by atoms with Gasteiger partial charge in [0, 0.05) is 28.8 Å². The molecule has 0 saturated heterocycles. The lowest BCUT2D eigenvalue weighted by Crippen LogP contribution is -2.43. The van der Waals surface area contributed by atoms with Crippen molar-refractivity contribution >= 4 is 23.2 Å². The minimum absolute atomic E-state index is 0.0207. The van der Waals surface area contributed by atoms with Gasteiger partial charge < -0.3 is 9.80 Å². The summed E-state index contributed by atoms with van der Waals surface area (Å²) >= 11 is 1.72. The molecular weight excluding hydrogens is 356 g/mol. The lowest BCUT2D eigenvalue weighted by Gasteiger charge is -2.27. The number of carbonyl (C=O) groups is 2. The van der Waals surface area contributed by atoms with Crippen molar-refractivity contribution < 1.29 is 9.59 Å². The Bertz CT molecular complexity index is 768. The second-order valence-corrected chi connectivity index (χ2v) is 8.65. The maximum absolute atomic E-state index is 13.1. The average molecular weight is 385 g/mol. The van der Waals surface area contributed by atoms with Crippen LogP contribution in [0.25, 0.3) is 0 Å². The van der Waals surface area contributed by atoms with Gasteiger partial charge in [-0.05, 0) is 43.9 Å². The van der Waals surface area contributed by atoms with Gasteiger partial charge in [0.2, 0.25) is 11.8 Å². The molecule has 4 nitrogen and oxygen atoms in total. The molecule has 0 aliphatic heterocycles. The third kappa shape index (κ3) is 5.67. The van der Waals surface area contributed by atoms with Crippen LogP contribution in [0.4, 0.5) is 0 Å². The van der Waals surface area contributed by atoms with Crippen LogP contribution in [0.3, 0.4) is 0 Å². The molecular formula is C22H28N2O2S. The minimum Gasteiger partial charge on any atom is -0.333 e. The third-order valence-corrected chi connectivity index (χ3v) is 5.76. The fourth-order valence-corrected chi connectivity index (χ4v) is 4.09. The molecule has 1 fully saturated rings. The molecule has 1 aromatic carbocycles. The smallest absolute Gasteiger partial charge is 0.242 e. The Morgan fingerprint density at radius 2 is 1.78 bits per heavy atom. The molecule has 2 aromatic rings. The summed E-state index contributed by atoms with van der Waals surface area (Å²) in [6.07, 6.45) is 2.80. The minimum atomic E-state index is 0.0207. The second-order valence-electron chi connectivity index (χ2n) is 7.28. The molecule has 0 unspecified atom stereocenters. The number of nitrogens with zero attached hydrogens (tertiary/aromatic N) is 2. The number of aryl methyl sites for hydroxylation is 1. The SMILES string of the molecule is CCCN(CC(=O)N(Cc1ccccc1)Cc1ccc(C)s1)C(=O)C1CC1. The fourth-order valence-electron chi connectivity index (χ4n) is 3.18. The number of thiophene rings is 1. The lowest BCUT2D eigenvalue weighted by molar-refractivity contribution is -0.142. The highest BCUT2D eigenvalue weighted by molar-refractivity contribution is 7.11. The van der Waals surface area contributed by atoms with Gasteiger partial charge in [-0.3, -0.25) is 9.59 Å². The summed E-state index contributed by atoms with van der Waals surface area (Å²) in [5.74, 6) is 0.316.